The number of thiazole rings is 1. The number of carbonyl (C=O) groups excluding carboxylic acids is 1. The Morgan fingerprint density at radius 3 is 2.56 bits per heavy atom. The van der Waals surface area contributed by atoms with Crippen molar-refractivity contribution in [3.05, 3.63) is 29.3 Å². The summed E-state index contributed by atoms with van der Waals surface area (Å²) < 4.78 is 10.3. The Balaban J connectivity index is 2.41. The molecule has 1 aromatic carbocycles. The van der Waals surface area contributed by atoms with E-state index in [4.69, 9.17) is 9.47 Å². The summed E-state index contributed by atoms with van der Waals surface area (Å²) in [6, 6.07) is 5.28. The first-order valence-corrected chi connectivity index (χ1v) is 5.93. The summed E-state index contributed by atoms with van der Waals surface area (Å²) >= 11 is 1.24. The van der Waals surface area contributed by atoms with Gasteiger partial charge in [-0.2, -0.15) is 0 Å². The van der Waals surface area contributed by atoms with Gasteiger partial charge >= 0.3 is 0 Å². The maximum absolute atomic E-state index is 10.7. The third-order valence-corrected chi connectivity index (χ3v) is 3.24. The smallest absolute Gasteiger partial charge is 0.161 e. The van der Waals surface area contributed by atoms with E-state index in [1.54, 1.807) is 25.3 Å². The predicted molar refractivity (Wildman–Crippen MR) is 65.0 cm³/mol. The van der Waals surface area contributed by atoms with Crippen LogP contribution >= 0.6 is 11.3 Å². The van der Waals surface area contributed by atoms with E-state index in [0.717, 1.165) is 5.56 Å². The molecule has 2 rings (SSSR count). The maximum Gasteiger partial charge on any atom is 0.161 e. The number of methoxy groups -OCH3 is 2. The van der Waals surface area contributed by atoms with Gasteiger partial charge in [-0.3, -0.25) is 0 Å². The quantitative estimate of drug-likeness (QED) is 0.829. The molecule has 0 radical (unpaired) electrons. The second-order valence-corrected chi connectivity index (χ2v) is 4.25. The zero-order valence-electron chi connectivity index (χ0n) is 9.80. The molecule has 0 spiro atoms. The van der Waals surface area contributed by atoms with Crippen LogP contribution in [0.5, 0.6) is 11.5 Å². The van der Waals surface area contributed by atoms with Crippen LogP contribution in [0.1, 0.15) is 10.5 Å². The number of aromatic carboxylic acids is 1. The number of carbonyl (C=O) groups is 1. The average molecular weight is 264 g/mol. The Labute approximate surface area is 108 Å². The third kappa shape index (κ3) is 2.28. The summed E-state index contributed by atoms with van der Waals surface area (Å²) in [4.78, 5) is 14.6. The Morgan fingerprint density at radius 2 is 2.00 bits per heavy atom. The van der Waals surface area contributed by atoms with Crippen LogP contribution in [0, 0.1) is 0 Å². The number of hydrogen-bond acceptors (Lipinski definition) is 6. The highest BCUT2D eigenvalue weighted by Crippen LogP contribution is 2.33. The van der Waals surface area contributed by atoms with Crippen LogP contribution in [0.4, 0.5) is 0 Å². The Hall–Kier alpha value is -2.08. The van der Waals surface area contributed by atoms with Gasteiger partial charge in [-0.25, -0.2) is 4.98 Å². The standard InChI is InChI=1S/C12H11NO4S/c1-16-9-4-3-7(5-10(9)17-2)11-13-8(6-18-11)12(14)15/h3-6H,1-2H3,(H,14,15)/p-1. The molecule has 0 bridgehead atoms. The number of aromatic nitrogens is 1. The Kier molecular flexibility index (Phi) is 3.47. The van der Waals surface area contributed by atoms with Gasteiger partial charge in [0.2, 0.25) is 0 Å². The zero-order chi connectivity index (χ0) is 13.1. The second-order valence-electron chi connectivity index (χ2n) is 3.40. The van der Waals surface area contributed by atoms with E-state index >= 15 is 0 Å². The van der Waals surface area contributed by atoms with E-state index in [9.17, 15) is 9.90 Å². The molecule has 1 aromatic heterocycles. The number of carboxylic acids is 1. The number of rotatable bonds is 4. The first kappa shape index (κ1) is 12.4. The number of benzene rings is 1. The molecule has 5 nitrogen and oxygen atoms in total. The lowest BCUT2D eigenvalue weighted by molar-refractivity contribution is -0.255. The van der Waals surface area contributed by atoms with Crippen molar-refractivity contribution in [2.75, 3.05) is 14.2 Å². The van der Waals surface area contributed by atoms with Crippen molar-refractivity contribution in [2.45, 2.75) is 0 Å². The largest absolute Gasteiger partial charge is 0.543 e. The van der Waals surface area contributed by atoms with Crippen LogP contribution in [0.25, 0.3) is 10.6 Å². The molecule has 0 saturated heterocycles. The molecule has 1 heterocycles. The average Bonchev–Trinajstić information content (AvgIpc) is 2.87. The first-order valence-electron chi connectivity index (χ1n) is 5.05. The molecule has 0 atom stereocenters. The summed E-state index contributed by atoms with van der Waals surface area (Å²) in [5.41, 5.74) is 0.704. The van der Waals surface area contributed by atoms with Crippen LogP contribution in [0.2, 0.25) is 0 Å². The summed E-state index contributed by atoms with van der Waals surface area (Å²) in [5.74, 6) is -0.101. The van der Waals surface area contributed by atoms with Gasteiger partial charge in [-0.15, -0.1) is 11.3 Å². The number of hydrogen-bond donors (Lipinski definition) is 0. The molecule has 0 N–H and O–H groups in total. The molecule has 0 unspecified atom stereocenters. The highest BCUT2D eigenvalue weighted by molar-refractivity contribution is 7.13. The minimum Gasteiger partial charge on any atom is -0.543 e. The van der Waals surface area contributed by atoms with E-state index < -0.39 is 5.97 Å². The molecule has 0 aliphatic rings. The molecule has 0 aliphatic heterocycles. The molecule has 0 fully saturated rings. The summed E-state index contributed by atoms with van der Waals surface area (Å²) in [6.07, 6.45) is 0. The molecule has 0 saturated carbocycles. The molecular formula is C12H10NO4S-. The summed E-state index contributed by atoms with van der Waals surface area (Å²) in [5, 5.41) is 12.7. The third-order valence-electron chi connectivity index (χ3n) is 2.34. The minimum absolute atomic E-state index is 0.0650. The van der Waals surface area contributed by atoms with E-state index in [0.29, 0.717) is 16.5 Å². The normalized spacial score (nSPS) is 10.1. The predicted octanol–water partition coefficient (Wildman–Crippen LogP) is 1.19. The first-order chi connectivity index (χ1) is 8.65. The van der Waals surface area contributed by atoms with Crippen molar-refractivity contribution in [1.29, 1.82) is 0 Å². The van der Waals surface area contributed by atoms with Gasteiger partial charge in [0, 0.05) is 10.9 Å². The van der Waals surface area contributed by atoms with Gasteiger partial charge in [-0.05, 0) is 18.2 Å². The lowest BCUT2D eigenvalue weighted by Gasteiger charge is -2.08. The van der Waals surface area contributed by atoms with Crippen molar-refractivity contribution >= 4 is 17.3 Å². The van der Waals surface area contributed by atoms with Crippen molar-refractivity contribution in [1.82, 2.24) is 4.98 Å². The van der Waals surface area contributed by atoms with Crippen LogP contribution in [-0.2, 0) is 0 Å². The maximum atomic E-state index is 10.7. The van der Waals surface area contributed by atoms with Crippen LogP contribution in [0.3, 0.4) is 0 Å². The molecule has 0 aliphatic carbocycles. The van der Waals surface area contributed by atoms with Crippen LogP contribution in [-0.4, -0.2) is 25.2 Å². The Morgan fingerprint density at radius 1 is 1.28 bits per heavy atom. The van der Waals surface area contributed by atoms with Gasteiger partial charge in [0.25, 0.3) is 0 Å². The fourth-order valence-electron chi connectivity index (χ4n) is 1.47. The lowest BCUT2D eigenvalue weighted by atomic mass is 10.2. The Bertz CT molecular complexity index is 579. The molecule has 6 heteroatoms. The highest BCUT2D eigenvalue weighted by Gasteiger charge is 2.09. The fraction of sp³-hybridized carbons (Fsp3) is 0.167. The van der Waals surface area contributed by atoms with Gasteiger partial charge < -0.3 is 19.4 Å². The number of nitrogens with zero attached hydrogens (tertiary/aromatic N) is 1. The van der Waals surface area contributed by atoms with Gasteiger partial charge in [0.15, 0.2) is 11.5 Å². The molecule has 0 amide bonds. The zero-order valence-corrected chi connectivity index (χ0v) is 10.6. The molecule has 2 aromatic rings. The van der Waals surface area contributed by atoms with Crippen molar-refractivity contribution in [3.63, 3.8) is 0 Å². The topological polar surface area (TPSA) is 71.5 Å². The second kappa shape index (κ2) is 5.05. The minimum atomic E-state index is -1.28. The summed E-state index contributed by atoms with van der Waals surface area (Å²) in [6.45, 7) is 0. The number of ether oxygens (including phenoxy) is 2. The summed E-state index contributed by atoms with van der Waals surface area (Å²) in [7, 11) is 3.09. The lowest BCUT2D eigenvalue weighted by Crippen LogP contribution is -2.22. The van der Waals surface area contributed by atoms with Crippen molar-refractivity contribution in [2.24, 2.45) is 0 Å². The van der Waals surface area contributed by atoms with E-state index in [1.807, 2.05) is 0 Å². The SMILES string of the molecule is COc1ccc(-c2nc(C(=O)[O-])cs2)cc1OC. The van der Waals surface area contributed by atoms with Crippen molar-refractivity contribution < 1.29 is 19.4 Å². The molecule has 94 valence electrons. The van der Waals surface area contributed by atoms with Crippen LogP contribution in [0.15, 0.2) is 23.6 Å². The highest BCUT2D eigenvalue weighted by atomic mass is 32.1. The van der Waals surface area contributed by atoms with Gasteiger partial charge in [0.1, 0.15) is 5.01 Å². The van der Waals surface area contributed by atoms with E-state index in [2.05, 4.69) is 4.98 Å². The van der Waals surface area contributed by atoms with Gasteiger partial charge in [-0.1, -0.05) is 0 Å². The molecule has 18 heavy (non-hydrogen) atoms. The van der Waals surface area contributed by atoms with Crippen molar-refractivity contribution in [3.8, 4) is 22.1 Å². The monoisotopic (exact) mass is 264 g/mol. The van der Waals surface area contributed by atoms with Crippen LogP contribution < -0.4 is 14.6 Å². The van der Waals surface area contributed by atoms with Gasteiger partial charge in [0.05, 0.1) is 25.9 Å². The molecular weight excluding hydrogens is 254 g/mol. The van der Waals surface area contributed by atoms with E-state index in [1.165, 1.54) is 23.8 Å². The fourth-order valence-corrected chi connectivity index (χ4v) is 2.26. The van der Waals surface area contributed by atoms with E-state index in [-0.39, 0.29) is 5.69 Å². The number of carboxylic acid groups (broad SMARTS) is 1.